The number of halogens is 2. The van der Waals surface area contributed by atoms with Crippen LogP contribution >= 0.6 is 0 Å². The predicted molar refractivity (Wildman–Crippen MR) is 127 cm³/mol. The van der Waals surface area contributed by atoms with Gasteiger partial charge < -0.3 is 24.8 Å². The van der Waals surface area contributed by atoms with Crippen molar-refractivity contribution in [2.75, 3.05) is 0 Å². The Morgan fingerprint density at radius 1 is 0.969 bits per heavy atom. The summed E-state index contributed by atoms with van der Waals surface area (Å²) in [4.78, 5) is 0. The van der Waals surface area contributed by atoms with Crippen LogP contribution in [0.2, 0.25) is 13.1 Å². The van der Waals surface area contributed by atoms with E-state index in [1.165, 1.54) is 37.7 Å². The minimum atomic E-state index is 0. The topological polar surface area (TPSA) is 0 Å². The fourth-order valence-corrected chi connectivity index (χ4v) is 5.38. The van der Waals surface area contributed by atoms with E-state index < -0.39 is 0 Å². The maximum Gasteiger partial charge on any atom is -0.172 e. The Kier molecular flexibility index (Phi) is 11.5. The summed E-state index contributed by atoms with van der Waals surface area (Å²) in [6, 6.07) is 19.1. The molecule has 2 aromatic rings. The molecular weight excluding hydrogens is 527 g/mol. The summed E-state index contributed by atoms with van der Waals surface area (Å²) < 4.78 is 0. The van der Waals surface area contributed by atoms with Crippen LogP contribution in [-0.2, 0) is 29.8 Å². The molecule has 2 unspecified atom stereocenters. The van der Waals surface area contributed by atoms with Crippen LogP contribution in [-0.4, -0.2) is 5.43 Å². The fraction of sp³-hybridized carbons (Fsp3) is 0.357. The van der Waals surface area contributed by atoms with Crippen molar-refractivity contribution in [2.24, 2.45) is 11.8 Å². The first-order valence-corrected chi connectivity index (χ1v) is 17.6. The quantitative estimate of drug-likeness (QED) is 0.340. The maximum atomic E-state index is 2.57. The summed E-state index contributed by atoms with van der Waals surface area (Å²) in [5.41, 5.74) is 9.92. The first-order valence-electron chi connectivity index (χ1n) is 11.4. The zero-order chi connectivity index (χ0) is 20.9. The van der Waals surface area contributed by atoms with Crippen LogP contribution in [0.1, 0.15) is 43.2 Å². The van der Waals surface area contributed by atoms with Gasteiger partial charge in [-0.3, -0.25) is 0 Å². The average Bonchev–Trinajstić information content (AvgIpc) is 3.45. The smallest absolute Gasteiger partial charge is 0.172 e. The number of benzene rings is 1. The van der Waals surface area contributed by atoms with Crippen LogP contribution < -0.4 is 24.8 Å². The Morgan fingerprint density at radius 2 is 1.69 bits per heavy atom. The zero-order valence-electron chi connectivity index (χ0n) is 19.1. The van der Waals surface area contributed by atoms with Gasteiger partial charge in [0.05, 0.1) is 0 Å². The zero-order valence-corrected chi connectivity index (χ0v) is 24.1. The van der Waals surface area contributed by atoms with Crippen molar-refractivity contribution in [1.29, 1.82) is 0 Å². The number of fused-ring (bicyclic) bond motifs is 6. The monoisotopic (exact) mass is 556 g/mol. The molecule has 0 nitrogen and oxygen atoms in total. The summed E-state index contributed by atoms with van der Waals surface area (Å²) in [5, 5.41) is 0. The van der Waals surface area contributed by atoms with Gasteiger partial charge in [0.15, 0.2) is 0 Å². The Balaban J connectivity index is 0.000000282. The third kappa shape index (κ3) is 6.26. The summed E-state index contributed by atoms with van der Waals surface area (Å²) in [7, 11) is 0. The molecule has 32 heavy (non-hydrogen) atoms. The molecule has 0 amide bonds. The van der Waals surface area contributed by atoms with Crippen molar-refractivity contribution in [2.45, 2.75) is 51.6 Å². The molecule has 0 heterocycles. The van der Waals surface area contributed by atoms with Gasteiger partial charge >= 0.3 is 41.9 Å². The Hall–Kier alpha value is -0.660. The molecule has 0 radical (unpaired) electrons. The molecule has 2 atom stereocenters. The first-order chi connectivity index (χ1) is 14.7. The van der Waals surface area contributed by atoms with Gasteiger partial charge in [0.1, 0.15) is 0 Å². The summed E-state index contributed by atoms with van der Waals surface area (Å²) in [6.07, 6.45) is 15.3. The van der Waals surface area contributed by atoms with Gasteiger partial charge in [0.2, 0.25) is 0 Å². The molecule has 168 valence electrons. The molecule has 0 N–H and O–H groups in total. The van der Waals surface area contributed by atoms with Crippen LogP contribution in [0.15, 0.2) is 83.5 Å². The van der Waals surface area contributed by atoms with Gasteiger partial charge in [-0.15, -0.1) is 6.42 Å². The number of hydrogen-bond acceptors (Lipinski definition) is 0. The van der Waals surface area contributed by atoms with Crippen LogP contribution in [0, 0.1) is 18.3 Å². The van der Waals surface area contributed by atoms with Crippen LogP contribution in [0.3, 0.4) is 0 Å². The molecule has 0 spiro atoms. The third-order valence-electron chi connectivity index (χ3n) is 6.46. The molecule has 6 rings (SSSR count). The van der Waals surface area contributed by atoms with E-state index in [9.17, 15) is 0 Å². The predicted octanol–water partition coefficient (Wildman–Crippen LogP) is 1.47. The second-order valence-electron chi connectivity index (χ2n) is 8.89. The Morgan fingerprint density at radius 3 is 2.38 bits per heavy atom. The minimum absolute atomic E-state index is 0. The molecule has 1 fully saturated rings. The molecule has 0 aliphatic heterocycles. The summed E-state index contributed by atoms with van der Waals surface area (Å²) in [5.74, 6) is 1.60. The summed E-state index contributed by atoms with van der Waals surface area (Å²) in [6.45, 7) is 4.62. The van der Waals surface area contributed by atoms with Crippen LogP contribution in [0.25, 0.3) is 5.57 Å². The largest absolute Gasteiger partial charge is 1.00 e. The second kappa shape index (κ2) is 13.3. The third-order valence-corrected chi connectivity index (χ3v) is 6.46. The minimum Gasteiger partial charge on any atom is -1.00 e. The van der Waals surface area contributed by atoms with E-state index in [-0.39, 0.29) is 30.2 Å². The van der Waals surface area contributed by atoms with E-state index in [4.69, 9.17) is 0 Å². The molecule has 0 saturated heterocycles. The van der Waals surface area contributed by atoms with E-state index in [1.54, 1.807) is 51.2 Å². The van der Waals surface area contributed by atoms with Crippen molar-refractivity contribution >= 4 is 11.0 Å². The van der Waals surface area contributed by atoms with Gasteiger partial charge in [-0.05, 0) is 36.7 Å². The molecular formula is C28H32Cl2SiZr-2. The normalized spacial score (nSPS) is 21.5. The molecule has 4 heteroatoms. The van der Waals surface area contributed by atoms with E-state index in [2.05, 4.69) is 55.9 Å². The fourth-order valence-electron chi connectivity index (χ4n) is 5.38. The van der Waals surface area contributed by atoms with E-state index in [0.29, 0.717) is 0 Å². The number of allylic oxidation sites excluding steroid dienone is 6. The number of rotatable bonds is 0. The van der Waals surface area contributed by atoms with Gasteiger partial charge in [-0.25, -0.2) is 24.1 Å². The number of hydrogen-bond donors (Lipinski definition) is 0. The van der Waals surface area contributed by atoms with Crippen molar-refractivity contribution in [3.8, 4) is 0 Å². The van der Waals surface area contributed by atoms with Crippen molar-refractivity contribution in [3.05, 3.63) is 101 Å². The van der Waals surface area contributed by atoms with Gasteiger partial charge in [0, 0.05) is 0 Å². The van der Waals surface area contributed by atoms with E-state index in [0.717, 1.165) is 18.3 Å². The van der Waals surface area contributed by atoms with E-state index in [1.807, 2.05) is 30.3 Å². The van der Waals surface area contributed by atoms with Crippen molar-refractivity contribution in [1.82, 2.24) is 0 Å². The standard InChI is InChI=1S/C21H21.C5H5.C2H6Si.2ClH.Zr/c1-2-8-15-14(7-1)13-20-18-11-4-3-9-16(18)17-10-5-6-12-19(17)21(15)20;1-2-4-5-3-1;1-3-2;;;/h1-2,6-8,11-12,16-17H,3-5,9-10,13H2;1-5H;1-2H3;2*1H;/q2*-1;;;;+2/p-2. The molecule has 0 aromatic heterocycles. The Labute approximate surface area is 222 Å². The summed E-state index contributed by atoms with van der Waals surface area (Å²) >= 11 is 1.74. The van der Waals surface area contributed by atoms with Gasteiger partial charge in [-0.1, -0.05) is 66.0 Å². The van der Waals surface area contributed by atoms with Crippen molar-refractivity contribution in [3.63, 3.8) is 0 Å². The van der Waals surface area contributed by atoms with Gasteiger partial charge in [0.25, 0.3) is 0 Å². The maximum absolute atomic E-state index is 2.57. The van der Waals surface area contributed by atoms with Gasteiger partial charge in [-0.2, -0.15) is 23.8 Å². The molecule has 4 aliphatic rings. The molecule has 2 aromatic carbocycles. The van der Waals surface area contributed by atoms with Crippen molar-refractivity contribution < 1.29 is 48.1 Å². The van der Waals surface area contributed by atoms with Crippen LogP contribution in [0.5, 0.6) is 0 Å². The molecule has 1 saturated carbocycles. The Bertz CT molecular complexity index is 963. The molecule has 0 bridgehead atoms. The first kappa shape index (κ1) is 27.6. The molecule has 4 aliphatic carbocycles. The average molecular weight is 559 g/mol. The second-order valence-corrected chi connectivity index (χ2v) is 18.3. The van der Waals surface area contributed by atoms with E-state index >= 15 is 0 Å². The SMILES string of the molecule is C1=CC2=C3C(=C4[CH-]CCCC4C2CC1)Cc1ccccc13.C[Si](C)=[Zr+2].[Cl-].[Cl-].c1cc[cH-]c1. The van der Waals surface area contributed by atoms with Crippen LogP contribution in [0.4, 0.5) is 0 Å².